The lowest BCUT2D eigenvalue weighted by atomic mass is 10.1. The van der Waals surface area contributed by atoms with Crippen molar-refractivity contribution in [2.45, 2.75) is 0 Å². The number of rotatable bonds is 2. The number of nitrogens with zero attached hydrogens (tertiary/aromatic N) is 2. The molecule has 3 aromatic rings. The third-order valence-corrected chi connectivity index (χ3v) is 6.11. The minimum absolute atomic E-state index is 0.0560. The smallest absolute Gasteiger partial charge is 0.279 e. The summed E-state index contributed by atoms with van der Waals surface area (Å²) in [6.45, 7) is 0. The van der Waals surface area contributed by atoms with Gasteiger partial charge in [0.05, 0.1) is 16.6 Å². The number of fused-ring (bicyclic) bond motifs is 1. The molecule has 0 radical (unpaired) electrons. The van der Waals surface area contributed by atoms with E-state index in [2.05, 4.69) is 36.9 Å². The minimum atomic E-state index is -0.374. The minimum Gasteiger partial charge on any atom is -0.493 e. The molecule has 2 heterocycles. The summed E-state index contributed by atoms with van der Waals surface area (Å²) in [7, 11) is 0. The maximum atomic E-state index is 12.4. The third kappa shape index (κ3) is 2.83. The first-order valence-corrected chi connectivity index (χ1v) is 9.91. The Balaban J connectivity index is 2.02. The summed E-state index contributed by atoms with van der Waals surface area (Å²) < 4.78 is 3.71. The number of halogens is 2. The van der Waals surface area contributed by atoms with Crippen molar-refractivity contribution in [3.05, 3.63) is 70.8 Å². The second-order valence-corrected chi connectivity index (χ2v) is 8.76. The number of thiazole rings is 1. The van der Waals surface area contributed by atoms with Gasteiger partial charge in [0.25, 0.3) is 5.91 Å². The van der Waals surface area contributed by atoms with Gasteiger partial charge in [-0.25, -0.2) is 4.99 Å². The van der Waals surface area contributed by atoms with Crippen LogP contribution in [0.15, 0.2) is 56.4 Å². The quantitative estimate of drug-likeness (QED) is 0.549. The van der Waals surface area contributed by atoms with E-state index in [9.17, 15) is 9.90 Å². The molecule has 0 saturated carbocycles. The zero-order chi connectivity index (χ0) is 17.7. The molecule has 0 spiro atoms. The highest BCUT2D eigenvalue weighted by Crippen LogP contribution is 2.35. The molecule has 1 aliphatic heterocycles. The van der Waals surface area contributed by atoms with Crippen molar-refractivity contribution in [2.24, 2.45) is 4.99 Å². The van der Waals surface area contributed by atoms with E-state index in [1.54, 1.807) is 10.6 Å². The van der Waals surface area contributed by atoms with E-state index >= 15 is 0 Å². The standard InChI is InChI=1S/C17H8Br2N2O2S2/c18-8-2-1-3-10(6-8)21-16(23)14(25-17(21)24)13-11-7-9(19)4-5-12(11)20-15(13)22/h1-7,23H. The molecule has 4 nitrogen and oxygen atoms in total. The molecule has 4 rings (SSSR count). The molecule has 1 amide bonds. The highest BCUT2D eigenvalue weighted by Gasteiger charge is 2.25. The van der Waals surface area contributed by atoms with Crippen molar-refractivity contribution >= 4 is 66.9 Å². The summed E-state index contributed by atoms with van der Waals surface area (Å²) in [5.74, 6) is -0.430. The van der Waals surface area contributed by atoms with E-state index in [-0.39, 0.29) is 11.8 Å². The first kappa shape index (κ1) is 16.8. The highest BCUT2D eigenvalue weighted by atomic mass is 79.9. The van der Waals surface area contributed by atoms with Crippen LogP contribution in [-0.4, -0.2) is 15.6 Å². The van der Waals surface area contributed by atoms with Crippen molar-refractivity contribution in [1.82, 2.24) is 4.57 Å². The molecule has 1 aromatic heterocycles. The third-order valence-electron chi connectivity index (χ3n) is 3.74. The average molecular weight is 496 g/mol. The van der Waals surface area contributed by atoms with Crippen LogP contribution in [0.4, 0.5) is 0 Å². The summed E-state index contributed by atoms with van der Waals surface area (Å²) in [6.07, 6.45) is 0. The van der Waals surface area contributed by atoms with E-state index in [0.29, 0.717) is 25.0 Å². The van der Waals surface area contributed by atoms with E-state index in [1.165, 1.54) is 11.3 Å². The number of carbonyl (C=O) groups is 1. The Labute approximate surface area is 168 Å². The number of benzene rings is 2. The number of aromatic nitrogens is 1. The maximum absolute atomic E-state index is 12.4. The fourth-order valence-electron chi connectivity index (χ4n) is 2.68. The van der Waals surface area contributed by atoms with Crippen LogP contribution in [0.25, 0.3) is 11.3 Å². The van der Waals surface area contributed by atoms with Crippen molar-refractivity contribution in [3.63, 3.8) is 0 Å². The van der Waals surface area contributed by atoms with Crippen molar-refractivity contribution < 1.29 is 9.90 Å². The van der Waals surface area contributed by atoms with E-state index in [0.717, 1.165) is 14.6 Å². The first-order chi connectivity index (χ1) is 12.0. The van der Waals surface area contributed by atoms with Crippen LogP contribution in [0, 0.1) is 3.95 Å². The van der Waals surface area contributed by atoms with Crippen LogP contribution in [0.3, 0.4) is 0 Å². The molecule has 0 saturated heterocycles. The average Bonchev–Trinajstić information content (AvgIpc) is 3.02. The zero-order valence-electron chi connectivity index (χ0n) is 12.4. The van der Waals surface area contributed by atoms with Crippen LogP contribution < -0.4 is 10.6 Å². The number of carbonyl (C=O) groups excluding carboxylic acids is 1. The Hall–Kier alpha value is -1.61. The summed E-state index contributed by atoms with van der Waals surface area (Å²) in [4.78, 5) is 16.9. The number of hydrogen-bond donors (Lipinski definition) is 1. The summed E-state index contributed by atoms with van der Waals surface area (Å²) in [5, 5.41) is 12.1. The molecule has 2 aromatic carbocycles. The van der Waals surface area contributed by atoms with Gasteiger partial charge in [-0.2, -0.15) is 0 Å². The molecule has 0 aliphatic carbocycles. The van der Waals surface area contributed by atoms with Gasteiger partial charge in [-0.3, -0.25) is 9.36 Å². The van der Waals surface area contributed by atoms with Gasteiger partial charge in [0.2, 0.25) is 5.88 Å². The predicted octanol–water partition coefficient (Wildman–Crippen LogP) is 3.86. The molecule has 0 bridgehead atoms. The lowest BCUT2D eigenvalue weighted by molar-refractivity contribution is -0.112. The van der Waals surface area contributed by atoms with Crippen LogP contribution in [-0.2, 0) is 4.79 Å². The van der Waals surface area contributed by atoms with Gasteiger partial charge in [0.1, 0.15) is 4.88 Å². The lowest BCUT2D eigenvalue weighted by Gasteiger charge is -2.06. The van der Waals surface area contributed by atoms with Crippen LogP contribution in [0.2, 0.25) is 0 Å². The molecule has 0 unspecified atom stereocenters. The SMILES string of the molecule is O=C1N=c2ccc(Br)cc2=C1c1sc(=S)n(-c2cccc(Br)c2)c1O. The van der Waals surface area contributed by atoms with Gasteiger partial charge in [0.15, 0.2) is 3.95 Å². The van der Waals surface area contributed by atoms with Gasteiger partial charge in [-0.05, 0) is 48.6 Å². The fourth-order valence-corrected chi connectivity index (χ4v) is 4.81. The van der Waals surface area contributed by atoms with Crippen LogP contribution in [0.5, 0.6) is 5.88 Å². The Bertz CT molecular complexity index is 1230. The van der Waals surface area contributed by atoms with E-state index < -0.39 is 0 Å². The Morgan fingerprint density at radius 2 is 1.88 bits per heavy atom. The molecule has 1 aliphatic rings. The molecular weight excluding hydrogens is 488 g/mol. The topological polar surface area (TPSA) is 54.6 Å². The second-order valence-electron chi connectivity index (χ2n) is 5.29. The molecule has 0 atom stereocenters. The normalized spacial score (nSPS) is 13.0. The fraction of sp³-hybridized carbons (Fsp3) is 0. The number of amides is 1. The van der Waals surface area contributed by atoms with Crippen LogP contribution >= 0.6 is 55.4 Å². The molecule has 25 heavy (non-hydrogen) atoms. The van der Waals surface area contributed by atoms with Gasteiger partial charge in [-0.1, -0.05) is 37.9 Å². The number of aromatic hydroxyl groups is 1. The first-order valence-electron chi connectivity index (χ1n) is 7.10. The van der Waals surface area contributed by atoms with Gasteiger partial charge < -0.3 is 5.11 Å². The van der Waals surface area contributed by atoms with E-state index in [4.69, 9.17) is 12.2 Å². The van der Waals surface area contributed by atoms with Crippen molar-refractivity contribution in [2.75, 3.05) is 0 Å². The molecule has 8 heteroatoms. The molecule has 0 fully saturated rings. The highest BCUT2D eigenvalue weighted by molar-refractivity contribution is 9.10. The summed E-state index contributed by atoms with van der Waals surface area (Å²) in [5.41, 5.74) is 1.09. The summed E-state index contributed by atoms with van der Waals surface area (Å²) in [6, 6.07) is 12.9. The monoisotopic (exact) mass is 494 g/mol. The van der Waals surface area contributed by atoms with E-state index in [1.807, 2.05) is 36.4 Å². The maximum Gasteiger partial charge on any atom is 0.279 e. The molecule has 1 N–H and O–H groups in total. The predicted molar refractivity (Wildman–Crippen MR) is 106 cm³/mol. The lowest BCUT2D eigenvalue weighted by Crippen LogP contribution is -2.22. The Morgan fingerprint density at radius 1 is 1.12 bits per heavy atom. The Morgan fingerprint density at radius 3 is 2.64 bits per heavy atom. The molecule has 124 valence electrons. The zero-order valence-corrected chi connectivity index (χ0v) is 17.2. The van der Waals surface area contributed by atoms with Gasteiger partial charge >= 0.3 is 0 Å². The Kier molecular flexibility index (Phi) is 4.23. The second kappa shape index (κ2) is 6.28. The summed E-state index contributed by atoms with van der Waals surface area (Å²) >= 11 is 13.4. The van der Waals surface area contributed by atoms with Crippen molar-refractivity contribution in [3.8, 4) is 11.6 Å². The van der Waals surface area contributed by atoms with Gasteiger partial charge in [0, 0.05) is 14.2 Å². The van der Waals surface area contributed by atoms with Crippen LogP contribution in [0.1, 0.15) is 4.88 Å². The van der Waals surface area contributed by atoms with Gasteiger partial charge in [-0.15, -0.1) is 11.3 Å². The number of hydrogen-bond acceptors (Lipinski definition) is 4. The van der Waals surface area contributed by atoms with Crippen molar-refractivity contribution in [1.29, 1.82) is 0 Å². The largest absolute Gasteiger partial charge is 0.493 e. The molecular formula is C17H8Br2N2O2S2.